The van der Waals surface area contributed by atoms with Gasteiger partial charge in [-0.05, 0) is 69.0 Å². The highest BCUT2D eigenvalue weighted by Gasteiger charge is 2.34. The number of piperazine rings is 1. The Hall–Kier alpha value is -2.91. The van der Waals surface area contributed by atoms with Gasteiger partial charge in [0.25, 0.3) is 0 Å². The van der Waals surface area contributed by atoms with Crippen molar-refractivity contribution in [3.63, 3.8) is 0 Å². The summed E-state index contributed by atoms with van der Waals surface area (Å²) < 4.78 is 35.0. The van der Waals surface area contributed by atoms with Gasteiger partial charge < -0.3 is 9.32 Å². The third kappa shape index (κ3) is 3.89. The van der Waals surface area contributed by atoms with Gasteiger partial charge in [-0.15, -0.1) is 0 Å². The summed E-state index contributed by atoms with van der Waals surface area (Å²) >= 11 is 0. The lowest BCUT2D eigenvalue weighted by atomic mass is 10.0. The van der Waals surface area contributed by atoms with Crippen LogP contribution in [0.3, 0.4) is 0 Å². The van der Waals surface area contributed by atoms with Gasteiger partial charge in [-0.3, -0.25) is 9.36 Å². The van der Waals surface area contributed by atoms with Crippen LogP contribution in [0.4, 0.5) is 0 Å². The maximum absolute atomic E-state index is 13.5. The number of fused-ring (bicyclic) bond motifs is 1. The third-order valence-corrected chi connectivity index (χ3v) is 8.88. The SMILES string of the molecule is Cc1cc(C)c(C)c(S(=O)(=O)N2CCN(C(=O)C(C)n3c(=O)oc4ccccc43)CC2)c1C. The molecule has 4 rings (SSSR count). The lowest BCUT2D eigenvalue weighted by Crippen LogP contribution is -2.52. The Morgan fingerprint density at radius 1 is 0.970 bits per heavy atom. The lowest BCUT2D eigenvalue weighted by Gasteiger charge is -2.36. The zero-order chi connectivity index (χ0) is 24.1. The van der Waals surface area contributed by atoms with E-state index in [0.29, 0.717) is 16.0 Å². The Balaban J connectivity index is 1.54. The maximum Gasteiger partial charge on any atom is 0.420 e. The van der Waals surface area contributed by atoms with Crippen molar-refractivity contribution in [2.45, 2.75) is 45.6 Å². The topological polar surface area (TPSA) is 92.8 Å². The van der Waals surface area contributed by atoms with Gasteiger partial charge in [0.15, 0.2) is 5.58 Å². The molecule has 3 aromatic rings. The van der Waals surface area contributed by atoms with Crippen LogP contribution in [0, 0.1) is 27.7 Å². The summed E-state index contributed by atoms with van der Waals surface area (Å²) in [5.41, 5.74) is 4.39. The van der Waals surface area contributed by atoms with E-state index in [1.165, 1.54) is 8.87 Å². The molecule has 0 aliphatic carbocycles. The zero-order valence-electron chi connectivity index (χ0n) is 19.6. The molecule has 1 aromatic heterocycles. The highest BCUT2D eigenvalue weighted by atomic mass is 32.2. The van der Waals surface area contributed by atoms with Crippen LogP contribution in [0.2, 0.25) is 0 Å². The predicted octanol–water partition coefficient (Wildman–Crippen LogP) is 2.92. The standard InChI is InChI=1S/C24H29N3O5S/c1-15-14-16(2)18(4)22(17(15)3)33(30,31)26-12-10-25(11-13-26)23(28)19(5)27-20-8-6-7-9-21(20)32-24(27)29/h6-9,14,19H,10-13H2,1-5H3. The van der Waals surface area contributed by atoms with Crippen LogP contribution in [0.5, 0.6) is 0 Å². The highest BCUT2D eigenvalue weighted by Crippen LogP contribution is 2.29. The molecule has 8 nitrogen and oxygen atoms in total. The Kier molecular flexibility index (Phi) is 5.96. The van der Waals surface area contributed by atoms with Crippen LogP contribution in [0.25, 0.3) is 11.1 Å². The van der Waals surface area contributed by atoms with E-state index >= 15 is 0 Å². The van der Waals surface area contributed by atoms with E-state index in [0.717, 1.165) is 22.3 Å². The number of benzene rings is 2. The summed E-state index contributed by atoms with van der Waals surface area (Å²) in [6, 6.07) is 8.22. The van der Waals surface area contributed by atoms with Crippen molar-refractivity contribution in [2.75, 3.05) is 26.2 Å². The number of para-hydroxylation sites is 2. The average molecular weight is 472 g/mol. The van der Waals surface area contributed by atoms with Gasteiger partial charge in [0, 0.05) is 26.2 Å². The first-order valence-electron chi connectivity index (χ1n) is 11.0. The van der Waals surface area contributed by atoms with Crippen LogP contribution in [0.1, 0.15) is 35.2 Å². The van der Waals surface area contributed by atoms with E-state index in [-0.39, 0.29) is 32.1 Å². The summed E-state index contributed by atoms with van der Waals surface area (Å²) in [6.45, 7) is 10.1. The molecule has 0 bridgehead atoms. The molecule has 0 saturated carbocycles. The zero-order valence-corrected chi connectivity index (χ0v) is 20.4. The van der Waals surface area contributed by atoms with Crippen LogP contribution in [-0.2, 0) is 14.8 Å². The second-order valence-electron chi connectivity index (χ2n) is 8.70. The maximum atomic E-state index is 13.5. The van der Waals surface area contributed by atoms with Crippen molar-refractivity contribution >= 4 is 27.0 Å². The highest BCUT2D eigenvalue weighted by molar-refractivity contribution is 7.89. The first kappa shape index (κ1) is 23.3. The molecule has 1 aliphatic heterocycles. The Morgan fingerprint density at radius 2 is 1.55 bits per heavy atom. The fraction of sp³-hybridized carbons (Fsp3) is 0.417. The number of hydrogen-bond acceptors (Lipinski definition) is 5. The van der Waals surface area contributed by atoms with Gasteiger partial charge in [-0.2, -0.15) is 4.31 Å². The quantitative estimate of drug-likeness (QED) is 0.583. The van der Waals surface area contributed by atoms with Crippen molar-refractivity contribution in [2.24, 2.45) is 0 Å². The molecule has 1 atom stereocenters. The summed E-state index contributed by atoms with van der Waals surface area (Å²) in [5, 5.41) is 0. The second kappa shape index (κ2) is 8.46. The van der Waals surface area contributed by atoms with Crippen molar-refractivity contribution in [3.05, 3.63) is 63.1 Å². The first-order valence-corrected chi connectivity index (χ1v) is 12.4. The number of rotatable bonds is 4. The van der Waals surface area contributed by atoms with Crippen molar-refractivity contribution in [1.29, 1.82) is 0 Å². The molecule has 0 N–H and O–H groups in total. The molecule has 2 heterocycles. The molecule has 1 amide bonds. The number of carbonyl (C=O) groups excluding carboxylic acids is 1. The molecule has 0 radical (unpaired) electrons. The second-order valence-corrected chi connectivity index (χ2v) is 10.6. The smallest absolute Gasteiger partial charge is 0.408 e. The molecule has 0 spiro atoms. The van der Waals surface area contributed by atoms with Gasteiger partial charge in [0.1, 0.15) is 6.04 Å². The van der Waals surface area contributed by atoms with Gasteiger partial charge in [0.05, 0.1) is 10.4 Å². The van der Waals surface area contributed by atoms with Gasteiger partial charge >= 0.3 is 5.76 Å². The molecular weight excluding hydrogens is 442 g/mol. The van der Waals surface area contributed by atoms with E-state index in [1.807, 2.05) is 33.8 Å². The monoisotopic (exact) mass is 471 g/mol. The molecule has 9 heteroatoms. The van der Waals surface area contributed by atoms with Crippen LogP contribution in [-0.4, -0.2) is 54.3 Å². The summed E-state index contributed by atoms with van der Waals surface area (Å²) in [7, 11) is -3.69. The number of oxazole rings is 1. The number of nitrogens with zero attached hydrogens (tertiary/aromatic N) is 3. The van der Waals surface area contributed by atoms with Gasteiger partial charge in [0.2, 0.25) is 15.9 Å². The Morgan fingerprint density at radius 3 is 2.15 bits per heavy atom. The third-order valence-electron chi connectivity index (χ3n) is 6.71. The first-order chi connectivity index (χ1) is 15.5. The fourth-order valence-electron chi connectivity index (χ4n) is 4.57. The molecule has 1 fully saturated rings. The number of carbonyl (C=O) groups is 1. The summed E-state index contributed by atoms with van der Waals surface area (Å²) in [4.78, 5) is 27.5. The molecule has 2 aromatic carbocycles. The van der Waals surface area contributed by atoms with E-state index < -0.39 is 21.8 Å². The molecule has 176 valence electrons. The number of amides is 1. The fourth-order valence-corrected chi connectivity index (χ4v) is 6.57. The minimum Gasteiger partial charge on any atom is -0.408 e. The number of aryl methyl sites for hydroxylation is 2. The van der Waals surface area contributed by atoms with Crippen LogP contribution >= 0.6 is 0 Å². The molecular formula is C24H29N3O5S. The van der Waals surface area contributed by atoms with E-state index in [1.54, 1.807) is 36.1 Å². The summed E-state index contributed by atoms with van der Waals surface area (Å²) in [5.74, 6) is -0.821. The average Bonchev–Trinajstić information content (AvgIpc) is 3.12. The van der Waals surface area contributed by atoms with Gasteiger partial charge in [-0.1, -0.05) is 18.2 Å². The molecule has 1 unspecified atom stereocenters. The van der Waals surface area contributed by atoms with Crippen LogP contribution in [0.15, 0.2) is 44.4 Å². The Bertz CT molecular complexity index is 1370. The van der Waals surface area contributed by atoms with Crippen molar-refractivity contribution in [3.8, 4) is 0 Å². The van der Waals surface area contributed by atoms with Gasteiger partial charge in [-0.25, -0.2) is 13.2 Å². The van der Waals surface area contributed by atoms with Crippen molar-refractivity contribution in [1.82, 2.24) is 13.8 Å². The molecule has 1 saturated heterocycles. The normalized spacial score (nSPS) is 16.3. The predicted molar refractivity (Wildman–Crippen MR) is 126 cm³/mol. The van der Waals surface area contributed by atoms with E-state index in [4.69, 9.17) is 4.42 Å². The van der Waals surface area contributed by atoms with Crippen molar-refractivity contribution < 1.29 is 17.6 Å². The summed E-state index contributed by atoms with van der Waals surface area (Å²) in [6.07, 6.45) is 0. The number of hydrogen-bond donors (Lipinski definition) is 0. The Labute approximate surface area is 193 Å². The minimum atomic E-state index is -3.69. The van der Waals surface area contributed by atoms with E-state index in [2.05, 4.69) is 0 Å². The van der Waals surface area contributed by atoms with E-state index in [9.17, 15) is 18.0 Å². The largest absolute Gasteiger partial charge is 0.420 e. The number of aromatic nitrogens is 1. The molecule has 1 aliphatic rings. The molecule has 33 heavy (non-hydrogen) atoms. The minimum absolute atomic E-state index is 0.202. The lowest BCUT2D eigenvalue weighted by molar-refractivity contribution is -0.135. The van der Waals surface area contributed by atoms with Crippen LogP contribution < -0.4 is 5.76 Å². The number of sulfonamides is 1.